The smallest absolute Gasteiger partial charge is 0.385 e. The van der Waals surface area contributed by atoms with Crippen molar-refractivity contribution in [3.05, 3.63) is 23.1 Å². The van der Waals surface area contributed by atoms with Gasteiger partial charge >= 0.3 is 6.36 Å². The van der Waals surface area contributed by atoms with E-state index in [2.05, 4.69) is 9.72 Å². The fourth-order valence-corrected chi connectivity index (χ4v) is 1.00. The van der Waals surface area contributed by atoms with Crippen LogP contribution in [0.15, 0.2) is 6.07 Å². The van der Waals surface area contributed by atoms with Crippen molar-refractivity contribution in [1.82, 2.24) is 4.98 Å². The second-order valence-corrected chi connectivity index (χ2v) is 3.11. The molecule has 1 heterocycles. The Bertz CT molecular complexity index is 433. The van der Waals surface area contributed by atoms with E-state index in [1.54, 1.807) is 0 Å². The fourth-order valence-electron chi connectivity index (χ4n) is 0.906. The molecular weight excluding hydrogens is 254 g/mol. The summed E-state index contributed by atoms with van der Waals surface area (Å²) in [7, 11) is 0. The Hall–Kier alpha value is -1.37. The third kappa shape index (κ3) is 3.06. The highest BCUT2D eigenvalue weighted by Crippen LogP contribution is 2.26. The van der Waals surface area contributed by atoms with Crippen LogP contribution < -0.4 is 4.74 Å². The Balaban J connectivity index is 3.22. The lowest BCUT2D eigenvalue weighted by Gasteiger charge is -2.10. The lowest BCUT2D eigenvalue weighted by Crippen LogP contribution is -2.19. The summed E-state index contributed by atoms with van der Waals surface area (Å²) in [5, 5.41) is -1.10. The van der Waals surface area contributed by atoms with E-state index >= 15 is 0 Å². The van der Waals surface area contributed by atoms with Crippen molar-refractivity contribution in [1.29, 1.82) is 0 Å². The van der Waals surface area contributed by atoms with E-state index in [4.69, 9.17) is 11.6 Å². The number of carbonyl (C=O) groups excluding carboxylic acids is 1. The fraction of sp³-hybridized carbons (Fsp3) is 0.250. The third-order valence-corrected chi connectivity index (χ3v) is 1.72. The highest BCUT2D eigenvalue weighted by atomic mass is 35.5. The molecule has 0 spiro atoms. The summed E-state index contributed by atoms with van der Waals surface area (Å²) in [6.07, 6.45) is -5.09. The number of aromatic nitrogens is 1. The average Bonchev–Trinajstić information content (AvgIpc) is 2.10. The van der Waals surface area contributed by atoms with Crippen molar-refractivity contribution in [3.8, 4) is 5.88 Å². The average molecular weight is 258 g/mol. The van der Waals surface area contributed by atoms with Gasteiger partial charge in [-0.05, 0) is 30.2 Å². The maximum atomic E-state index is 13.1. The highest BCUT2D eigenvalue weighted by molar-refractivity contribution is 6.67. The van der Waals surface area contributed by atoms with Crippen LogP contribution in [0.2, 0.25) is 0 Å². The van der Waals surface area contributed by atoms with Crippen molar-refractivity contribution < 1.29 is 27.1 Å². The van der Waals surface area contributed by atoms with Crippen molar-refractivity contribution in [2.24, 2.45) is 0 Å². The minimum Gasteiger partial charge on any atom is -0.385 e. The van der Waals surface area contributed by atoms with E-state index in [1.165, 1.54) is 0 Å². The SMILES string of the molecule is Cc1cc(C(=O)Cl)nc(OC(F)(F)F)c1F. The molecule has 0 N–H and O–H groups in total. The number of carbonyl (C=O) groups is 1. The number of pyridine rings is 1. The predicted molar refractivity (Wildman–Crippen MR) is 45.8 cm³/mol. The summed E-state index contributed by atoms with van der Waals surface area (Å²) in [4.78, 5) is 13.7. The lowest BCUT2D eigenvalue weighted by atomic mass is 10.2. The summed E-state index contributed by atoms with van der Waals surface area (Å²) in [6.45, 7) is 1.16. The lowest BCUT2D eigenvalue weighted by molar-refractivity contribution is -0.277. The van der Waals surface area contributed by atoms with Gasteiger partial charge in [0.05, 0.1) is 0 Å². The van der Waals surface area contributed by atoms with Crippen molar-refractivity contribution in [2.45, 2.75) is 13.3 Å². The Morgan fingerprint density at radius 1 is 1.50 bits per heavy atom. The van der Waals surface area contributed by atoms with E-state index in [0.717, 1.165) is 13.0 Å². The molecule has 0 aliphatic carbocycles. The maximum absolute atomic E-state index is 13.1. The van der Waals surface area contributed by atoms with Crippen LogP contribution in [0, 0.1) is 12.7 Å². The van der Waals surface area contributed by atoms with Gasteiger partial charge in [-0.15, -0.1) is 13.2 Å². The molecule has 1 rings (SSSR count). The molecule has 0 atom stereocenters. The van der Waals surface area contributed by atoms with E-state index in [1.807, 2.05) is 0 Å². The van der Waals surface area contributed by atoms with E-state index < -0.39 is 29.0 Å². The van der Waals surface area contributed by atoms with Crippen LogP contribution in [0.25, 0.3) is 0 Å². The van der Waals surface area contributed by atoms with Crippen LogP contribution in [0.3, 0.4) is 0 Å². The first-order chi connectivity index (χ1) is 7.20. The Labute approximate surface area is 92.0 Å². The molecule has 0 radical (unpaired) electrons. The molecule has 1 aromatic rings. The molecule has 8 heteroatoms. The molecule has 0 unspecified atom stereocenters. The van der Waals surface area contributed by atoms with Crippen LogP contribution in [0.4, 0.5) is 17.6 Å². The highest BCUT2D eigenvalue weighted by Gasteiger charge is 2.34. The van der Waals surface area contributed by atoms with Crippen LogP contribution in [-0.4, -0.2) is 16.6 Å². The number of aryl methyl sites for hydroxylation is 1. The first-order valence-corrected chi connectivity index (χ1v) is 4.21. The maximum Gasteiger partial charge on any atom is 0.574 e. The first-order valence-electron chi connectivity index (χ1n) is 3.83. The number of ether oxygens (including phenoxy) is 1. The van der Waals surface area contributed by atoms with Gasteiger partial charge in [0.15, 0.2) is 5.82 Å². The molecule has 0 aromatic carbocycles. The number of hydrogen-bond donors (Lipinski definition) is 0. The Kier molecular flexibility index (Phi) is 3.37. The van der Waals surface area contributed by atoms with Gasteiger partial charge in [-0.25, -0.2) is 9.37 Å². The molecule has 0 amide bonds. The molecule has 0 aliphatic heterocycles. The van der Waals surface area contributed by atoms with Crippen molar-refractivity contribution in [3.63, 3.8) is 0 Å². The third-order valence-electron chi connectivity index (χ3n) is 1.52. The molecule has 0 saturated carbocycles. The monoisotopic (exact) mass is 257 g/mol. The van der Waals surface area contributed by atoms with Crippen LogP contribution >= 0.6 is 11.6 Å². The molecule has 1 aromatic heterocycles. The number of rotatable bonds is 2. The largest absolute Gasteiger partial charge is 0.574 e. The van der Waals surface area contributed by atoms with Gasteiger partial charge in [-0.1, -0.05) is 0 Å². The topological polar surface area (TPSA) is 39.2 Å². The second-order valence-electron chi connectivity index (χ2n) is 2.77. The predicted octanol–water partition coefficient (Wildman–Crippen LogP) is 2.81. The van der Waals surface area contributed by atoms with Gasteiger partial charge in [0.25, 0.3) is 11.1 Å². The van der Waals surface area contributed by atoms with Crippen molar-refractivity contribution >= 4 is 16.8 Å². The van der Waals surface area contributed by atoms with Gasteiger partial charge in [-0.2, -0.15) is 0 Å². The quantitative estimate of drug-likeness (QED) is 0.604. The summed E-state index contributed by atoms with van der Waals surface area (Å²) in [6, 6.07) is 0.925. The van der Waals surface area contributed by atoms with Gasteiger partial charge < -0.3 is 4.74 Å². The Morgan fingerprint density at radius 3 is 2.50 bits per heavy atom. The standard InChI is InChI=1S/C8H4ClF4NO2/c1-3-2-4(6(9)15)14-7(5(3)10)16-8(11,12)13/h2H,1H3. The molecule has 16 heavy (non-hydrogen) atoms. The minimum atomic E-state index is -5.09. The molecular formula is C8H4ClF4NO2. The zero-order valence-corrected chi connectivity index (χ0v) is 8.49. The molecule has 0 bridgehead atoms. The van der Waals surface area contributed by atoms with Gasteiger partial charge in [0.2, 0.25) is 0 Å². The summed E-state index contributed by atoms with van der Waals surface area (Å²) in [5.41, 5.74) is -0.738. The zero-order chi connectivity index (χ0) is 12.5. The van der Waals surface area contributed by atoms with Gasteiger partial charge in [0.1, 0.15) is 5.69 Å². The van der Waals surface area contributed by atoms with Gasteiger partial charge in [0, 0.05) is 0 Å². The van der Waals surface area contributed by atoms with Crippen LogP contribution in [0.5, 0.6) is 5.88 Å². The van der Waals surface area contributed by atoms with E-state index in [9.17, 15) is 22.4 Å². The van der Waals surface area contributed by atoms with E-state index in [0.29, 0.717) is 0 Å². The molecule has 0 saturated heterocycles. The van der Waals surface area contributed by atoms with Crippen LogP contribution in [0.1, 0.15) is 16.1 Å². The van der Waals surface area contributed by atoms with Gasteiger partial charge in [-0.3, -0.25) is 4.79 Å². The van der Waals surface area contributed by atoms with Crippen LogP contribution in [-0.2, 0) is 0 Å². The number of alkyl halides is 3. The Morgan fingerprint density at radius 2 is 2.06 bits per heavy atom. The molecule has 3 nitrogen and oxygen atoms in total. The summed E-state index contributed by atoms with van der Waals surface area (Å²) >= 11 is 5.01. The summed E-state index contributed by atoms with van der Waals surface area (Å²) < 4.78 is 52.0. The second kappa shape index (κ2) is 4.25. The first kappa shape index (κ1) is 12.7. The normalized spacial score (nSPS) is 11.4. The number of nitrogens with zero attached hydrogens (tertiary/aromatic N) is 1. The number of hydrogen-bond acceptors (Lipinski definition) is 3. The molecule has 0 aliphatic rings. The molecule has 88 valence electrons. The van der Waals surface area contributed by atoms with E-state index in [-0.39, 0.29) is 5.56 Å². The summed E-state index contributed by atoms with van der Waals surface area (Å²) in [5.74, 6) is -2.62. The number of halogens is 5. The van der Waals surface area contributed by atoms with Crippen molar-refractivity contribution in [2.75, 3.05) is 0 Å². The zero-order valence-electron chi connectivity index (χ0n) is 7.73. The molecule has 0 fully saturated rings. The minimum absolute atomic E-state index is 0.224.